The highest BCUT2D eigenvalue weighted by molar-refractivity contribution is 7.85. The first-order chi connectivity index (χ1) is 21.2. The summed E-state index contributed by atoms with van der Waals surface area (Å²) in [5.74, 6) is 0.898. The van der Waals surface area contributed by atoms with Gasteiger partial charge in [-0.25, -0.2) is 17.8 Å². The largest absolute Gasteiger partial charge is 0.748 e. The second-order valence-electron chi connectivity index (χ2n) is 11.9. The van der Waals surface area contributed by atoms with Crippen LogP contribution in [0.1, 0.15) is 64.9 Å². The average molecular weight is 635 g/mol. The van der Waals surface area contributed by atoms with E-state index in [9.17, 15) is 22.9 Å². The van der Waals surface area contributed by atoms with E-state index in [1.54, 1.807) is 24.3 Å². The highest BCUT2D eigenvalue weighted by atomic mass is 32.2. The first kappa shape index (κ1) is 33.7. The quantitative estimate of drug-likeness (QED) is 0.0950. The van der Waals surface area contributed by atoms with Crippen LogP contribution in [0.25, 0.3) is 34.4 Å². The van der Waals surface area contributed by atoms with Crippen molar-refractivity contribution in [2.75, 3.05) is 36.8 Å². The Labute approximate surface area is 264 Å². The van der Waals surface area contributed by atoms with Crippen molar-refractivity contribution in [1.82, 2.24) is 4.58 Å². The number of allylic oxidation sites excluding steroid dienone is 2. The lowest BCUT2D eigenvalue weighted by atomic mass is 9.90. The fourth-order valence-corrected chi connectivity index (χ4v) is 5.72. The zero-order valence-electron chi connectivity index (χ0n) is 26.8. The number of anilines is 1. The molecule has 10 heteroatoms. The minimum absolute atomic E-state index is 0.0696. The molecular weight excluding hydrogens is 592 g/mol. The topological polar surface area (TPSA) is 127 Å². The Bertz CT molecular complexity index is 1940. The van der Waals surface area contributed by atoms with E-state index in [1.165, 1.54) is 6.08 Å². The van der Waals surface area contributed by atoms with Gasteiger partial charge < -0.3 is 23.4 Å². The van der Waals surface area contributed by atoms with Gasteiger partial charge in [0.15, 0.2) is 0 Å². The van der Waals surface area contributed by atoms with Crippen LogP contribution in [0.15, 0.2) is 68.2 Å². The summed E-state index contributed by atoms with van der Waals surface area (Å²) in [6.07, 6.45) is 7.17. The molecule has 9 nitrogen and oxygen atoms in total. The van der Waals surface area contributed by atoms with Crippen LogP contribution in [0.4, 0.5) is 5.69 Å². The smallest absolute Gasteiger partial charge is 0.347 e. The van der Waals surface area contributed by atoms with Crippen molar-refractivity contribution in [2.24, 2.45) is 0 Å². The molecule has 2 heterocycles. The number of aromatic hydroxyl groups is 1. The van der Waals surface area contributed by atoms with Gasteiger partial charge in [-0.1, -0.05) is 39.0 Å². The summed E-state index contributed by atoms with van der Waals surface area (Å²) < 4.78 is 47.1. The fraction of sp³-hybridized carbons (Fsp3) is 0.371. The summed E-state index contributed by atoms with van der Waals surface area (Å²) in [7, 11) is -4.27. The zero-order valence-corrected chi connectivity index (χ0v) is 27.6. The molecule has 0 bridgehead atoms. The molecule has 2 aliphatic rings. The first-order valence-electron chi connectivity index (χ1n) is 15.2. The van der Waals surface area contributed by atoms with E-state index in [4.69, 9.17) is 8.83 Å². The molecule has 1 aromatic heterocycles. The summed E-state index contributed by atoms with van der Waals surface area (Å²) in [6, 6.07) is 13.3. The minimum Gasteiger partial charge on any atom is -0.748 e. The number of fused-ring (bicyclic) bond motifs is 2. The molecule has 0 fully saturated rings. The monoisotopic (exact) mass is 634 g/mol. The van der Waals surface area contributed by atoms with Crippen molar-refractivity contribution >= 4 is 38.9 Å². The third-order valence-electron chi connectivity index (χ3n) is 7.77. The third-order valence-corrected chi connectivity index (χ3v) is 8.56. The van der Waals surface area contributed by atoms with Crippen LogP contribution in [0, 0.1) is 0 Å². The van der Waals surface area contributed by atoms with E-state index in [1.807, 2.05) is 47.9 Å². The van der Waals surface area contributed by atoms with Crippen molar-refractivity contribution < 1.29 is 26.9 Å². The molecule has 0 unspecified atom stereocenters. The maximum Gasteiger partial charge on any atom is 0.347 e. The maximum atomic E-state index is 12.8. The molecule has 0 spiro atoms. The summed E-state index contributed by atoms with van der Waals surface area (Å²) in [6.45, 7) is 14.9. The highest BCUT2D eigenvalue weighted by Gasteiger charge is 2.22. The van der Waals surface area contributed by atoms with E-state index in [0.717, 1.165) is 41.0 Å². The number of hydrogen-bond donors (Lipinski definition) is 1. The lowest BCUT2D eigenvalue weighted by molar-refractivity contribution is 0.404. The normalized spacial score (nSPS) is 13.4. The number of hydrogen-bond acceptors (Lipinski definition) is 8. The minimum atomic E-state index is -4.27. The van der Waals surface area contributed by atoms with Crippen molar-refractivity contribution in [1.29, 1.82) is 0 Å². The molecule has 0 saturated carbocycles. The summed E-state index contributed by atoms with van der Waals surface area (Å²) in [5, 5.41) is 12.3. The van der Waals surface area contributed by atoms with Gasteiger partial charge in [0.05, 0.1) is 21.6 Å². The Balaban J connectivity index is 1.70. The van der Waals surface area contributed by atoms with E-state index in [-0.39, 0.29) is 23.1 Å². The molecule has 1 aliphatic heterocycles. The van der Waals surface area contributed by atoms with Crippen molar-refractivity contribution in [2.45, 2.75) is 53.4 Å². The molecule has 0 amide bonds. The molecule has 240 valence electrons. The average Bonchev–Trinajstić information content (AvgIpc) is 2.98. The second kappa shape index (κ2) is 13.9. The van der Waals surface area contributed by atoms with E-state index in [0.29, 0.717) is 29.8 Å². The predicted octanol–water partition coefficient (Wildman–Crippen LogP) is 5.79. The van der Waals surface area contributed by atoms with Crippen LogP contribution in [-0.4, -0.2) is 50.0 Å². The number of rotatable bonds is 11. The van der Waals surface area contributed by atoms with Gasteiger partial charge in [0, 0.05) is 54.1 Å². The lowest BCUT2D eigenvalue weighted by Gasteiger charge is -2.21. The number of benzene rings is 2. The summed E-state index contributed by atoms with van der Waals surface area (Å²) in [4.78, 5) is 14.9. The van der Waals surface area contributed by atoms with Crippen molar-refractivity contribution in [3.63, 3.8) is 0 Å². The van der Waals surface area contributed by atoms with Crippen LogP contribution < -0.4 is 20.5 Å². The Morgan fingerprint density at radius 3 is 2.33 bits per heavy atom. The van der Waals surface area contributed by atoms with Gasteiger partial charge in [0.25, 0.3) is 0 Å². The van der Waals surface area contributed by atoms with Crippen LogP contribution in [0.3, 0.4) is 0 Å². The Morgan fingerprint density at radius 1 is 0.978 bits per heavy atom. The zero-order chi connectivity index (χ0) is 32.9. The standard InChI is InChI=1S/C35H42N2O7S/c1-7-36(8-2)25-16-18-28-31(22-25)44-34(39)29(33(28)38)14-11-10-13-24-21-32(35(4,5)6)43-30-23-26(15-17-27(24)30)37(9-3)19-12-20-45(40,41)42/h10-11,13-18,21-23H,7-9,12,19-20H2,1-6H3,(H,40,41,42). The second-order valence-corrected chi connectivity index (χ2v) is 13.4. The van der Waals surface area contributed by atoms with Crippen LogP contribution in [0.5, 0.6) is 5.75 Å². The van der Waals surface area contributed by atoms with Gasteiger partial charge in [0.1, 0.15) is 41.5 Å². The van der Waals surface area contributed by atoms with E-state index < -0.39 is 21.5 Å². The van der Waals surface area contributed by atoms with Gasteiger partial charge in [0.2, 0.25) is 5.36 Å². The molecule has 1 aliphatic carbocycles. The molecule has 0 radical (unpaired) electrons. The van der Waals surface area contributed by atoms with Gasteiger partial charge >= 0.3 is 5.63 Å². The molecule has 45 heavy (non-hydrogen) atoms. The van der Waals surface area contributed by atoms with Crippen LogP contribution >= 0.6 is 0 Å². The molecule has 0 atom stereocenters. The predicted molar refractivity (Wildman–Crippen MR) is 180 cm³/mol. The molecule has 0 saturated heterocycles. The van der Waals surface area contributed by atoms with Crippen LogP contribution in [-0.2, 0) is 15.5 Å². The van der Waals surface area contributed by atoms with E-state index in [2.05, 4.69) is 39.5 Å². The Kier molecular flexibility index (Phi) is 10.4. The molecule has 1 aromatic carbocycles. The van der Waals surface area contributed by atoms with Crippen LogP contribution in [0.2, 0.25) is 0 Å². The lowest BCUT2D eigenvalue weighted by Crippen LogP contribution is -2.31. The van der Waals surface area contributed by atoms with Gasteiger partial charge in [-0.05, 0) is 56.7 Å². The summed E-state index contributed by atoms with van der Waals surface area (Å²) in [5.41, 5.74) is 2.18. The Hall–Kier alpha value is -4.15. The first-order valence-corrected chi connectivity index (χ1v) is 16.8. The molecular formula is C35H42N2O7S. The highest BCUT2D eigenvalue weighted by Crippen LogP contribution is 2.33. The maximum absolute atomic E-state index is 12.8. The molecule has 2 aromatic rings. The van der Waals surface area contributed by atoms with Gasteiger partial charge in [-0.3, -0.25) is 0 Å². The number of nitrogens with zero attached hydrogens (tertiary/aromatic N) is 2. The van der Waals surface area contributed by atoms with Crippen molar-refractivity contribution in [3.8, 4) is 17.1 Å². The fourth-order valence-electron chi connectivity index (χ4n) is 5.24. The molecule has 1 N–H and O–H groups in total. The van der Waals surface area contributed by atoms with Gasteiger partial charge in [-0.15, -0.1) is 0 Å². The van der Waals surface area contributed by atoms with Gasteiger partial charge in [-0.2, -0.15) is 0 Å². The SMILES string of the molecule is CCN(CC)c1ccc2c(O)c(/C=C/C=C/c3cc(C(C)(C)C)oc4cc(=[N+](CC)CCCS(=O)(=O)[O-])ccc3-4)c(=O)oc2c1. The Morgan fingerprint density at radius 2 is 1.69 bits per heavy atom. The summed E-state index contributed by atoms with van der Waals surface area (Å²) >= 11 is 0. The van der Waals surface area contributed by atoms with Crippen molar-refractivity contribution in [3.05, 3.63) is 87.3 Å². The third kappa shape index (κ3) is 8.12. The molecule has 4 rings (SSSR count). The van der Waals surface area contributed by atoms with E-state index >= 15 is 0 Å².